The van der Waals surface area contributed by atoms with Gasteiger partial charge in [0.05, 0.1) is 7.11 Å². The van der Waals surface area contributed by atoms with Gasteiger partial charge in [-0.05, 0) is 0 Å². The van der Waals surface area contributed by atoms with Crippen LogP contribution in [0.25, 0.3) is 0 Å². The second kappa shape index (κ2) is 4.29. The van der Waals surface area contributed by atoms with E-state index in [-0.39, 0.29) is 5.15 Å². The average Bonchev–Trinajstić information content (AvgIpc) is 2.19. The Kier molecular flexibility index (Phi) is 3.53. The summed E-state index contributed by atoms with van der Waals surface area (Å²) in [6.45, 7) is 0. The summed E-state index contributed by atoms with van der Waals surface area (Å²) in [5.41, 5.74) is -0.402. The maximum atomic E-state index is 13.2. The fourth-order valence-electron chi connectivity index (χ4n) is 0.719. The van der Waals surface area contributed by atoms with Gasteiger partial charge in [-0.3, -0.25) is 0 Å². The Bertz CT molecular complexity index is 397. The van der Waals surface area contributed by atoms with Crippen LogP contribution in [0, 0.1) is 5.82 Å². The Labute approximate surface area is 93.7 Å². The Hall–Kier alpha value is -0.580. The van der Waals surface area contributed by atoms with Gasteiger partial charge in [-0.2, -0.15) is 0 Å². The van der Waals surface area contributed by atoms with Crippen LogP contribution in [0.4, 0.5) is 4.39 Å². The summed E-state index contributed by atoms with van der Waals surface area (Å²) in [6, 6.07) is 0. The monoisotopic (exact) mass is 257 g/mol. The largest absolute Gasteiger partial charge is 0.464 e. The molecule has 0 radical (unpaired) electrons. The van der Waals surface area contributed by atoms with Gasteiger partial charge in [0.25, 0.3) is 0 Å². The van der Waals surface area contributed by atoms with Gasteiger partial charge >= 0.3 is 5.97 Å². The maximum Gasteiger partial charge on any atom is 0.358 e. The van der Waals surface area contributed by atoms with Crippen molar-refractivity contribution in [3.05, 3.63) is 26.7 Å². The van der Waals surface area contributed by atoms with E-state index >= 15 is 0 Å². The molecule has 0 saturated heterocycles. The van der Waals surface area contributed by atoms with Crippen LogP contribution in [0.3, 0.4) is 0 Å². The third kappa shape index (κ3) is 1.92. The van der Waals surface area contributed by atoms with E-state index in [4.69, 9.17) is 34.8 Å². The van der Waals surface area contributed by atoms with Crippen LogP contribution in [-0.2, 0) is 4.74 Å². The molecule has 1 rings (SSSR count). The predicted molar refractivity (Wildman–Crippen MR) is 50.6 cm³/mol. The molecule has 0 unspecified atom stereocenters. The summed E-state index contributed by atoms with van der Waals surface area (Å²) < 4.78 is 17.5. The lowest BCUT2D eigenvalue weighted by molar-refractivity contribution is 0.0593. The van der Waals surface area contributed by atoms with Gasteiger partial charge in [-0.25, -0.2) is 14.2 Å². The van der Waals surface area contributed by atoms with Crippen LogP contribution in [0.2, 0.25) is 15.2 Å². The number of nitrogens with zero attached hydrogens (tertiary/aromatic N) is 1. The lowest BCUT2D eigenvalue weighted by Crippen LogP contribution is -2.07. The summed E-state index contributed by atoms with van der Waals surface area (Å²) >= 11 is 16.3. The number of pyridine rings is 1. The van der Waals surface area contributed by atoms with Crippen molar-refractivity contribution < 1.29 is 13.9 Å². The number of esters is 1. The summed E-state index contributed by atoms with van der Waals surface area (Å²) in [4.78, 5) is 14.5. The molecule has 0 aliphatic rings. The van der Waals surface area contributed by atoms with Crippen LogP contribution in [0.5, 0.6) is 0 Å². The molecule has 0 spiro atoms. The first-order chi connectivity index (χ1) is 6.49. The number of hydrogen-bond acceptors (Lipinski definition) is 3. The van der Waals surface area contributed by atoms with Crippen molar-refractivity contribution in [3.63, 3.8) is 0 Å². The van der Waals surface area contributed by atoms with Crippen molar-refractivity contribution in [2.75, 3.05) is 7.11 Å². The second-order valence-electron chi connectivity index (χ2n) is 2.18. The molecule has 0 saturated carbocycles. The first-order valence-corrected chi connectivity index (χ1v) is 4.40. The standard InChI is InChI=1S/C7H3Cl3FNO2/c1-14-7(13)5-2(8)4(11)3(9)6(10)12-5/h1H3. The van der Waals surface area contributed by atoms with E-state index in [1.54, 1.807) is 0 Å². The van der Waals surface area contributed by atoms with E-state index in [0.717, 1.165) is 7.11 Å². The van der Waals surface area contributed by atoms with Crippen molar-refractivity contribution in [1.82, 2.24) is 4.98 Å². The second-order valence-corrected chi connectivity index (χ2v) is 3.30. The Morgan fingerprint density at radius 3 is 2.43 bits per heavy atom. The topological polar surface area (TPSA) is 39.2 Å². The maximum absolute atomic E-state index is 13.2. The molecule has 76 valence electrons. The number of rotatable bonds is 1. The summed E-state index contributed by atoms with van der Waals surface area (Å²) in [7, 11) is 1.11. The van der Waals surface area contributed by atoms with Crippen molar-refractivity contribution in [3.8, 4) is 0 Å². The molecule has 7 heteroatoms. The average molecular weight is 258 g/mol. The first kappa shape index (κ1) is 11.5. The zero-order valence-electron chi connectivity index (χ0n) is 6.78. The van der Waals surface area contributed by atoms with Gasteiger partial charge in [0.1, 0.15) is 10.0 Å². The van der Waals surface area contributed by atoms with Gasteiger partial charge in [-0.15, -0.1) is 0 Å². The zero-order chi connectivity index (χ0) is 10.9. The lowest BCUT2D eigenvalue weighted by atomic mass is 10.3. The minimum Gasteiger partial charge on any atom is -0.464 e. The molecule has 0 fully saturated rings. The minimum atomic E-state index is -0.992. The molecule has 0 atom stereocenters. The summed E-state index contributed by atoms with van der Waals surface area (Å²) in [5, 5.41) is -1.27. The Morgan fingerprint density at radius 2 is 1.93 bits per heavy atom. The number of halogens is 4. The molecule has 0 amide bonds. The molecule has 14 heavy (non-hydrogen) atoms. The molecular formula is C7H3Cl3FNO2. The third-order valence-corrected chi connectivity index (χ3v) is 2.42. The highest BCUT2D eigenvalue weighted by Gasteiger charge is 2.21. The fraction of sp³-hybridized carbons (Fsp3) is 0.143. The van der Waals surface area contributed by atoms with E-state index in [0.29, 0.717) is 0 Å². The Morgan fingerprint density at radius 1 is 1.36 bits per heavy atom. The smallest absolute Gasteiger partial charge is 0.358 e. The van der Waals surface area contributed by atoms with Crippen LogP contribution in [0.15, 0.2) is 0 Å². The number of hydrogen-bond donors (Lipinski definition) is 0. The van der Waals surface area contributed by atoms with Crippen molar-refractivity contribution in [1.29, 1.82) is 0 Å². The van der Waals surface area contributed by atoms with Gasteiger partial charge < -0.3 is 4.74 Å². The Balaban J connectivity index is 3.40. The van der Waals surface area contributed by atoms with Gasteiger partial charge in [0.15, 0.2) is 16.7 Å². The molecule has 3 nitrogen and oxygen atoms in total. The van der Waals surface area contributed by atoms with Gasteiger partial charge in [0.2, 0.25) is 0 Å². The normalized spacial score (nSPS) is 10.1. The predicted octanol–water partition coefficient (Wildman–Crippen LogP) is 2.97. The third-order valence-electron chi connectivity index (χ3n) is 1.36. The van der Waals surface area contributed by atoms with Crippen molar-refractivity contribution in [2.45, 2.75) is 0 Å². The van der Waals surface area contributed by atoms with E-state index in [9.17, 15) is 9.18 Å². The quantitative estimate of drug-likeness (QED) is 0.574. The molecule has 1 heterocycles. The van der Waals surface area contributed by atoms with Crippen molar-refractivity contribution in [2.24, 2.45) is 0 Å². The number of carbonyl (C=O) groups excluding carboxylic acids is 1. The first-order valence-electron chi connectivity index (χ1n) is 3.27. The zero-order valence-corrected chi connectivity index (χ0v) is 9.04. The molecule has 1 aromatic rings. The van der Waals surface area contributed by atoms with Crippen LogP contribution in [-0.4, -0.2) is 18.1 Å². The molecule has 0 aliphatic heterocycles. The fourth-order valence-corrected chi connectivity index (χ4v) is 1.29. The highest BCUT2D eigenvalue weighted by atomic mass is 35.5. The van der Waals surface area contributed by atoms with Crippen LogP contribution < -0.4 is 0 Å². The molecule has 1 aromatic heterocycles. The van der Waals surface area contributed by atoms with Crippen LogP contribution in [0.1, 0.15) is 10.5 Å². The molecule has 0 aromatic carbocycles. The van der Waals surface area contributed by atoms with Gasteiger partial charge in [-0.1, -0.05) is 34.8 Å². The highest BCUT2D eigenvalue weighted by molar-refractivity contribution is 6.43. The van der Waals surface area contributed by atoms with E-state index in [1.807, 2.05) is 0 Å². The van der Waals surface area contributed by atoms with Crippen molar-refractivity contribution >= 4 is 40.8 Å². The van der Waals surface area contributed by atoms with E-state index in [1.165, 1.54) is 0 Å². The lowest BCUT2D eigenvalue weighted by Gasteiger charge is -2.04. The number of aromatic nitrogens is 1. The molecule has 0 bridgehead atoms. The minimum absolute atomic E-state index is 0.339. The molecular weight excluding hydrogens is 255 g/mol. The highest BCUT2D eigenvalue weighted by Crippen LogP contribution is 2.30. The van der Waals surface area contributed by atoms with E-state index in [2.05, 4.69) is 9.72 Å². The number of methoxy groups -OCH3 is 1. The molecule has 0 aliphatic carbocycles. The van der Waals surface area contributed by atoms with Crippen LogP contribution >= 0.6 is 34.8 Å². The molecule has 0 N–H and O–H groups in total. The number of carbonyl (C=O) groups is 1. The SMILES string of the molecule is COC(=O)c1nc(Cl)c(Cl)c(F)c1Cl. The summed E-state index contributed by atoms with van der Waals surface area (Å²) in [5.74, 6) is -1.87. The number of ether oxygens (including phenoxy) is 1. The van der Waals surface area contributed by atoms with Gasteiger partial charge in [0, 0.05) is 0 Å². The summed E-state index contributed by atoms with van der Waals surface area (Å²) in [6.07, 6.45) is 0. The van der Waals surface area contributed by atoms with E-state index < -0.39 is 27.5 Å².